The number of hydrogen-bond donors (Lipinski definition) is 0. The molecule has 1 aliphatic rings. The highest BCUT2D eigenvalue weighted by Gasteiger charge is 2.42. The van der Waals surface area contributed by atoms with Crippen LogP contribution < -0.4 is 0 Å². The molecule has 0 N–H and O–H groups in total. The van der Waals surface area contributed by atoms with Crippen LogP contribution in [0.5, 0.6) is 0 Å². The molecule has 1 heteroatoms. The van der Waals surface area contributed by atoms with Crippen molar-refractivity contribution in [3.05, 3.63) is 12.2 Å². The molecule has 0 nitrogen and oxygen atoms in total. The second kappa shape index (κ2) is 5.84. The zero-order valence-corrected chi connectivity index (χ0v) is 13.7. The first-order valence-electron chi connectivity index (χ1n) is 7.88. The minimum absolute atomic E-state index is 0.512. The van der Waals surface area contributed by atoms with Gasteiger partial charge in [-0.3, -0.25) is 0 Å². The summed E-state index contributed by atoms with van der Waals surface area (Å²) >= 11 is 0. The molecular weight excluding hydrogens is 215 g/mol. The van der Waals surface area contributed by atoms with E-state index in [1.54, 1.807) is 0 Å². The Morgan fingerprint density at radius 3 is 2.28 bits per heavy atom. The molecule has 0 radical (unpaired) electrons. The first kappa shape index (κ1) is 15.9. The maximum atomic E-state index is 4.49. The molecule has 1 aliphatic carbocycles. The molecule has 1 saturated carbocycles. The van der Waals surface area contributed by atoms with E-state index in [0.29, 0.717) is 11.2 Å². The topological polar surface area (TPSA) is 0 Å². The maximum Gasteiger partial charge on any atom is 0.109 e. The van der Waals surface area contributed by atoms with Gasteiger partial charge in [0.2, 0.25) is 0 Å². The van der Waals surface area contributed by atoms with Crippen LogP contribution in [-0.4, -0.2) is 7.85 Å². The molecule has 0 heterocycles. The lowest BCUT2D eigenvalue weighted by Gasteiger charge is -2.31. The molecule has 0 aromatic heterocycles. The molecule has 1 fully saturated rings. The quantitative estimate of drug-likeness (QED) is 0.488. The van der Waals surface area contributed by atoms with Gasteiger partial charge in [0.15, 0.2) is 0 Å². The largest absolute Gasteiger partial charge is 0.109 e. The zero-order chi connectivity index (χ0) is 14.1. The molecule has 0 aromatic carbocycles. The predicted molar refractivity (Wildman–Crippen MR) is 85.7 cm³/mol. The van der Waals surface area contributed by atoms with E-state index in [-0.39, 0.29) is 0 Å². The fourth-order valence-corrected chi connectivity index (χ4v) is 3.68. The fourth-order valence-electron chi connectivity index (χ4n) is 3.68. The van der Waals surface area contributed by atoms with Crippen LogP contribution in [0.1, 0.15) is 60.8 Å². The van der Waals surface area contributed by atoms with Crippen molar-refractivity contribution >= 4 is 7.85 Å². The lowest BCUT2D eigenvalue weighted by atomic mass is 9.68. The lowest BCUT2D eigenvalue weighted by Crippen LogP contribution is -2.22. The first-order chi connectivity index (χ1) is 8.19. The van der Waals surface area contributed by atoms with E-state index in [9.17, 15) is 0 Å². The Kier molecular flexibility index (Phi) is 5.15. The summed E-state index contributed by atoms with van der Waals surface area (Å²) in [4.78, 5) is 0. The third-order valence-corrected chi connectivity index (χ3v) is 5.51. The number of hydrogen-bond acceptors (Lipinski definition) is 0. The molecular formula is C17H33B. The van der Waals surface area contributed by atoms with Gasteiger partial charge in [0.25, 0.3) is 0 Å². The van der Waals surface area contributed by atoms with E-state index < -0.39 is 0 Å². The summed E-state index contributed by atoms with van der Waals surface area (Å²) in [6.07, 6.45) is 4.04. The molecule has 0 aliphatic heterocycles. The van der Waals surface area contributed by atoms with Crippen LogP contribution in [0.3, 0.4) is 0 Å². The van der Waals surface area contributed by atoms with Gasteiger partial charge in [-0.05, 0) is 36.0 Å². The molecule has 0 bridgehead atoms. The van der Waals surface area contributed by atoms with Crippen molar-refractivity contribution in [2.45, 2.75) is 66.1 Å². The van der Waals surface area contributed by atoms with Gasteiger partial charge in [0, 0.05) is 0 Å². The van der Waals surface area contributed by atoms with Crippen molar-refractivity contribution in [3.63, 3.8) is 0 Å². The molecule has 5 unspecified atom stereocenters. The van der Waals surface area contributed by atoms with E-state index in [4.69, 9.17) is 0 Å². The second-order valence-electron chi connectivity index (χ2n) is 7.84. The normalized spacial score (nSPS) is 35.7. The Labute approximate surface area is 116 Å². The lowest BCUT2D eigenvalue weighted by molar-refractivity contribution is 0.276. The highest BCUT2D eigenvalue weighted by Crippen LogP contribution is 2.55. The minimum Gasteiger partial charge on any atom is -0.0993 e. The van der Waals surface area contributed by atoms with Crippen molar-refractivity contribution in [1.29, 1.82) is 0 Å². The highest BCUT2D eigenvalue weighted by molar-refractivity contribution is 6.15. The van der Waals surface area contributed by atoms with Crippen LogP contribution in [-0.2, 0) is 0 Å². The van der Waals surface area contributed by atoms with Crippen LogP contribution >= 0.6 is 0 Å². The molecule has 18 heavy (non-hydrogen) atoms. The van der Waals surface area contributed by atoms with Crippen molar-refractivity contribution < 1.29 is 0 Å². The van der Waals surface area contributed by atoms with Gasteiger partial charge in [-0.1, -0.05) is 71.9 Å². The average Bonchev–Trinajstić information content (AvgIpc) is 2.62. The van der Waals surface area contributed by atoms with Gasteiger partial charge >= 0.3 is 0 Å². The number of allylic oxidation sites excluding steroid dienone is 1. The summed E-state index contributed by atoms with van der Waals surface area (Å²) in [5.74, 6) is 3.84. The van der Waals surface area contributed by atoms with E-state index >= 15 is 0 Å². The first-order valence-corrected chi connectivity index (χ1v) is 7.88. The smallest absolute Gasteiger partial charge is 0.0993 e. The summed E-state index contributed by atoms with van der Waals surface area (Å²) < 4.78 is 0. The number of rotatable bonds is 5. The molecule has 5 atom stereocenters. The van der Waals surface area contributed by atoms with Crippen LogP contribution in [0.4, 0.5) is 0 Å². The van der Waals surface area contributed by atoms with Crippen LogP contribution in [0.15, 0.2) is 12.2 Å². The Hall–Kier alpha value is -0.195. The van der Waals surface area contributed by atoms with Gasteiger partial charge in [-0.15, -0.1) is 0 Å². The maximum absolute atomic E-state index is 4.49. The van der Waals surface area contributed by atoms with Crippen LogP contribution in [0.2, 0.25) is 5.31 Å². The third kappa shape index (κ3) is 3.42. The van der Waals surface area contributed by atoms with Crippen LogP contribution in [0, 0.1) is 29.6 Å². The summed E-state index contributed by atoms with van der Waals surface area (Å²) in [5.41, 5.74) is 1.53. The average molecular weight is 248 g/mol. The zero-order valence-electron chi connectivity index (χ0n) is 13.7. The molecule has 0 aromatic rings. The molecule has 104 valence electrons. The summed E-state index contributed by atoms with van der Waals surface area (Å²) in [5, 5.41) is 0.512. The molecule has 1 rings (SSSR count). The standard InChI is InChI=1S/C17H33B/c1-8-12(4)15-9-17(7,18)10-16(15)14(6)13(5)11(2)3/h11-13,15-16H,6,8-10,18H2,1-5,7H3. The highest BCUT2D eigenvalue weighted by atomic mass is 14.5. The predicted octanol–water partition coefficient (Wildman–Crippen LogP) is 4.72. The fraction of sp³-hybridized carbons (Fsp3) is 0.882. The van der Waals surface area contributed by atoms with E-state index in [1.807, 2.05) is 0 Å². The Balaban J connectivity index is 2.87. The van der Waals surface area contributed by atoms with Gasteiger partial charge in [0.1, 0.15) is 7.85 Å². The third-order valence-electron chi connectivity index (χ3n) is 5.51. The van der Waals surface area contributed by atoms with E-state index in [0.717, 1.165) is 23.7 Å². The van der Waals surface area contributed by atoms with Crippen LogP contribution in [0.25, 0.3) is 0 Å². The minimum atomic E-state index is 0.512. The SMILES string of the molecule is BC1(C)CC(C(=C)C(C)C(C)C)C(C(C)CC)C1. The molecule has 0 amide bonds. The Morgan fingerprint density at radius 2 is 1.83 bits per heavy atom. The van der Waals surface area contributed by atoms with Gasteiger partial charge in [-0.25, -0.2) is 0 Å². The van der Waals surface area contributed by atoms with Crippen molar-refractivity contribution in [3.8, 4) is 0 Å². The monoisotopic (exact) mass is 248 g/mol. The van der Waals surface area contributed by atoms with E-state index in [1.165, 1.54) is 24.8 Å². The van der Waals surface area contributed by atoms with Crippen molar-refractivity contribution in [1.82, 2.24) is 0 Å². The molecule has 0 spiro atoms. The Morgan fingerprint density at radius 1 is 1.28 bits per heavy atom. The van der Waals surface area contributed by atoms with Gasteiger partial charge in [0.05, 0.1) is 0 Å². The van der Waals surface area contributed by atoms with Gasteiger partial charge in [-0.2, -0.15) is 0 Å². The summed E-state index contributed by atoms with van der Waals surface area (Å²) in [7, 11) is 2.44. The second-order valence-corrected chi connectivity index (χ2v) is 7.84. The summed E-state index contributed by atoms with van der Waals surface area (Å²) in [6.45, 7) is 18.7. The van der Waals surface area contributed by atoms with Gasteiger partial charge < -0.3 is 0 Å². The Bertz CT molecular complexity index is 290. The van der Waals surface area contributed by atoms with Crippen molar-refractivity contribution in [2.75, 3.05) is 0 Å². The van der Waals surface area contributed by atoms with Crippen molar-refractivity contribution in [2.24, 2.45) is 29.6 Å². The van der Waals surface area contributed by atoms with E-state index in [2.05, 4.69) is 56.0 Å². The summed E-state index contributed by atoms with van der Waals surface area (Å²) in [6, 6.07) is 0. The molecule has 0 saturated heterocycles.